The lowest BCUT2D eigenvalue weighted by Gasteiger charge is -2.24. The summed E-state index contributed by atoms with van der Waals surface area (Å²) in [5, 5.41) is 6.52. The third kappa shape index (κ3) is 2.33. The first-order valence-electron chi connectivity index (χ1n) is 8.01. The summed E-state index contributed by atoms with van der Waals surface area (Å²) in [6.45, 7) is 1.53. The van der Waals surface area contributed by atoms with Crippen molar-refractivity contribution in [2.45, 2.75) is 44.3 Å². The van der Waals surface area contributed by atoms with Crippen LogP contribution in [-0.2, 0) is 4.79 Å². The summed E-state index contributed by atoms with van der Waals surface area (Å²) in [7, 11) is 0. The summed E-state index contributed by atoms with van der Waals surface area (Å²) in [6.07, 6.45) is 6.04. The molecular formula is C18H21N3O. The van der Waals surface area contributed by atoms with Crippen LogP contribution >= 0.6 is 0 Å². The van der Waals surface area contributed by atoms with Crippen LogP contribution in [0.1, 0.15) is 32.2 Å². The van der Waals surface area contributed by atoms with Crippen LogP contribution in [0.2, 0.25) is 0 Å². The average molecular weight is 295 g/mol. The third-order valence-corrected chi connectivity index (χ3v) is 4.90. The number of fused-ring (bicyclic) bond motifs is 2. The van der Waals surface area contributed by atoms with Crippen molar-refractivity contribution in [3.63, 3.8) is 0 Å². The topological polar surface area (TPSA) is 46.1 Å². The first kappa shape index (κ1) is 13.6. The maximum Gasteiger partial charge on any atom is 0.221 e. The number of anilines is 1. The number of aromatic nitrogens is 1. The molecule has 4 rings (SSSR count). The molecule has 0 unspecified atom stereocenters. The molecule has 1 aromatic carbocycles. The molecule has 2 aliphatic heterocycles. The minimum atomic E-state index is -0.0378. The lowest BCUT2D eigenvalue weighted by molar-refractivity contribution is -0.114. The highest BCUT2D eigenvalue weighted by Gasteiger charge is 2.40. The number of rotatable bonds is 3. The van der Waals surface area contributed by atoms with Crippen molar-refractivity contribution in [3.05, 3.63) is 42.6 Å². The Balaban J connectivity index is 1.61. The van der Waals surface area contributed by atoms with Crippen LogP contribution in [0.25, 0.3) is 11.3 Å². The van der Waals surface area contributed by atoms with Crippen LogP contribution in [0.3, 0.4) is 0 Å². The number of nitrogens with zero attached hydrogens (tertiary/aromatic N) is 1. The Hall–Kier alpha value is -2.07. The van der Waals surface area contributed by atoms with E-state index in [0.717, 1.165) is 5.69 Å². The van der Waals surface area contributed by atoms with E-state index in [0.29, 0.717) is 18.1 Å². The Morgan fingerprint density at radius 3 is 2.68 bits per heavy atom. The van der Waals surface area contributed by atoms with Gasteiger partial charge in [0, 0.05) is 36.6 Å². The molecule has 114 valence electrons. The first-order chi connectivity index (χ1) is 10.7. The van der Waals surface area contributed by atoms with E-state index in [1.807, 2.05) is 12.1 Å². The van der Waals surface area contributed by atoms with Crippen molar-refractivity contribution in [3.8, 4) is 11.3 Å². The number of hydrogen-bond donors (Lipinski definition) is 2. The Kier molecular flexibility index (Phi) is 3.26. The maximum atomic E-state index is 11.1. The molecule has 2 N–H and O–H groups in total. The number of carbonyl (C=O) groups is 1. The molecule has 2 aromatic rings. The van der Waals surface area contributed by atoms with Gasteiger partial charge in [-0.15, -0.1) is 0 Å². The second-order valence-electron chi connectivity index (χ2n) is 6.41. The van der Waals surface area contributed by atoms with Gasteiger partial charge in [0.2, 0.25) is 5.91 Å². The summed E-state index contributed by atoms with van der Waals surface area (Å²) in [4.78, 5) is 11.1. The quantitative estimate of drug-likeness (QED) is 0.913. The van der Waals surface area contributed by atoms with Crippen LogP contribution in [0.4, 0.5) is 5.69 Å². The highest BCUT2D eigenvalue weighted by atomic mass is 16.1. The van der Waals surface area contributed by atoms with E-state index < -0.39 is 0 Å². The summed E-state index contributed by atoms with van der Waals surface area (Å²) in [6, 6.07) is 14.3. The van der Waals surface area contributed by atoms with Crippen molar-refractivity contribution >= 4 is 11.6 Å². The zero-order valence-electron chi connectivity index (χ0n) is 12.8. The molecule has 4 nitrogen and oxygen atoms in total. The fourth-order valence-corrected chi connectivity index (χ4v) is 3.96. The molecule has 2 aliphatic rings. The van der Waals surface area contributed by atoms with Gasteiger partial charge in [-0.3, -0.25) is 4.79 Å². The minimum Gasteiger partial charge on any atom is -0.343 e. The number of hydrogen-bond acceptors (Lipinski definition) is 2. The van der Waals surface area contributed by atoms with Crippen molar-refractivity contribution < 1.29 is 4.79 Å². The predicted molar refractivity (Wildman–Crippen MR) is 87.8 cm³/mol. The highest BCUT2D eigenvalue weighted by Crippen LogP contribution is 2.39. The summed E-state index contributed by atoms with van der Waals surface area (Å²) in [5.74, 6) is -0.0378. The van der Waals surface area contributed by atoms with E-state index in [1.54, 1.807) is 0 Å². The monoisotopic (exact) mass is 295 g/mol. The molecule has 1 amide bonds. The van der Waals surface area contributed by atoms with E-state index in [1.165, 1.54) is 37.4 Å². The van der Waals surface area contributed by atoms with Gasteiger partial charge in [0.25, 0.3) is 0 Å². The molecule has 4 heteroatoms. The zero-order valence-corrected chi connectivity index (χ0v) is 12.8. The Morgan fingerprint density at radius 1 is 1.23 bits per heavy atom. The highest BCUT2D eigenvalue weighted by molar-refractivity contribution is 5.88. The van der Waals surface area contributed by atoms with Crippen LogP contribution in [0.5, 0.6) is 0 Å². The molecule has 3 heterocycles. The zero-order chi connectivity index (χ0) is 15.1. The van der Waals surface area contributed by atoms with Gasteiger partial charge < -0.3 is 15.2 Å². The van der Waals surface area contributed by atoms with E-state index in [9.17, 15) is 4.79 Å². The molecule has 2 bridgehead atoms. The Bertz CT molecular complexity index is 689. The van der Waals surface area contributed by atoms with E-state index in [2.05, 4.69) is 45.7 Å². The van der Waals surface area contributed by atoms with Crippen molar-refractivity contribution in [2.75, 3.05) is 5.32 Å². The van der Waals surface area contributed by atoms with Crippen LogP contribution in [0.15, 0.2) is 42.6 Å². The van der Waals surface area contributed by atoms with Gasteiger partial charge in [0.15, 0.2) is 0 Å². The van der Waals surface area contributed by atoms with E-state index in [4.69, 9.17) is 0 Å². The van der Waals surface area contributed by atoms with Gasteiger partial charge in [0.1, 0.15) is 0 Å². The van der Waals surface area contributed by atoms with Crippen LogP contribution < -0.4 is 10.6 Å². The molecule has 0 saturated carbocycles. The molecule has 3 atom stereocenters. The Morgan fingerprint density at radius 2 is 2.05 bits per heavy atom. The fourth-order valence-electron chi connectivity index (χ4n) is 3.96. The summed E-state index contributed by atoms with van der Waals surface area (Å²) < 4.78 is 2.42. The lowest BCUT2D eigenvalue weighted by Crippen LogP contribution is -2.25. The maximum absolute atomic E-state index is 11.1. The number of amides is 1. The molecule has 0 radical (unpaired) electrons. The SMILES string of the molecule is CC(=O)Nc1ccc(-c2cccn2[C@@H]2C[C@H]3CC[C@@H]2N3)cc1. The largest absolute Gasteiger partial charge is 0.343 e. The normalized spacial score (nSPS) is 26.3. The molecule has 0 aliphatic carbocycles. The standard InChI is InChI=1S/C18H21N3O/c1-12(22)19-14-6-4-13(5-7-14)17-3-2-10-21(17)18-11-15-8-9-16(18)20-15/h2-7,10,15-16,18,20H,8-9,11H2,1H3,(H,19,22)/t15-,16+,18-/m1/s1. The average Bonchev–Trinajstić information content (AvgIpc) is 3.23. The predicted octanol–water partition coefficient (Wildman–Crippen LogP) is 3.18. The smallest absolute Gasteiger partial charge is 0.221 e. The van der Waals surface area contributed by atoms with E-state index in [-0.39, 0.29) is 5.91 Å². The first-order valence-corrected chi connectivity index (χ1v) is 8.01. The third-order valence-electron chi connectivity index (χ3n) is 4.90. The van der Waals surface area contributed by atoms with Crippen LogP contribution in [0, 0.1) is 0 Å². The van der Waals surface area contributed by atoms with Crippen molar-refractivity contribution in [1.29, 1.82) is 0 Å². The molecule has 22 heavy (non-hydrogen) atoms. The van der Waals surface area contributed by atoms with Gasteiger partial charge in [-0.1, -0.05) is 12.1 Å². The van der Waals surface area contributed by atoms with Crippen LogP contribution in [-0.4, -0.2) is 22.6 Å². The summed E-state index contributed by atoms with van der Waals surface area (Å²) >= 11 is 0. The molecule has 2 fully saturated rings. The number of carbonyl (C=O) groups excluding carboxylic acids is 1. The summed E-state index contributed by atoms with van der Waals surface area (Å²) in [5.41, 5.74) is 3.30. The van der Waals surface area contributed by atoms with Gasteiger partial charge in [-0.25, -0.2) is 0 Å². The fraction of sp³-hybridized carbons (Fsp3) is 0.389. The second kappa shape index (κ2) is 5.29. The van der Waals surface area contributed by atoms with Gasteiger partial charge in [-0.05, 0) is 49.1 Å². The number of nitrogens with one attached hydrogen (secondary N) is 2. The molecule has 2 saturated heterocycles. The molecular weight excluding hydrogens is 274 g/mol. The van der Waals surface area contributed by atoms with Crippen molar-refractivity contribution in [1.82, 2.24) is 9.88 Å². The van der Waals surface area contributed by atoms with Crippen molar-refractivity contribution in [2.24, 2.45) is 0 Å². The Labute approximate surface area is 130 Å². The van der Waals surface area contributed by atoms with Gasteiger partial charge in [-0.2, -0.15) is 0 Å². The minimum absolute atomic E-state index is 0.0378. The second-order valence-corrected chi connectivity index (χ2v) is 6.41. The van der Waals surface area contributed by atoms with Gasteiger partial charge in [0.05, 0.1) is 6.04 Å². The lowest BCUT2D eigenvalue weighted by atomic mass is 9.95. The van der Waals surface area contributed by atoms with Gasteiger partial charge >= 0.3 is 0 Å². The number of benzene rings is 1. The molecule has 0 spiro atoms. The molecule has 1 aromatic heterocycles. The van der Waals surface area contributed by atoms with E-state index >= 15 is 0 Å².